The van der Waals surface area contributed by atoms with Crippen molar-refractivity contribution in [1.29, 1.82) is 0 Å². The molecule has 16 nitrogen and oxygen atoms in total. The van der Waals surface area contributed by atoms with E-state index in [2.05, 4.69) is 20.5 Å². The molecule has 50 heavy (non-hydrogen) atoms. The Morgan fingerprint density at radius 1 is 0.520 bits per heavy atom. The van der Waals surface area contributed by atoms with Gasteiger partial charge in [0.15, 0.2) is 0 Å². The smallest absolute Gasteiger partial charge is 0.872 e. The summed E-state index contributed by atoms with van der Waals surface area (Å²) in [5, 5.41) is 60.3. The van der Waals surface area contributed by atoms with Gasteiger partial charge < -0.3 is 30.0 Å². The molecule has 4 aromatic rings. The van der Waals surface area contributed by atoms with Crippen LogP contribution >= 0.6 is 0 Å². The van der Waals surface area contributed by atoms with E-state index in [4.69, 9.17) is 0 Å². The van der Waals surface area contributed by atoms with Crippen LogP contribution in [-0.4, -0.2) is 37.9 Å². The van der Waals surface area contributed by atoms with Crippen LogP contribution in [0.1, 0.15) is 31.8 Å². The number of aromatic carboxylic acids is 2. The molecule has 0 fully saturated rings. The van der Waals surface area contributed by atoms with Gasteiger partial charge in [-0.2, -0.15) is 37.3 Å². The molecule has 2 N–H and O–H groups in total. The third kappa shape index (κ3) is 13.0. The number of hydrogen-bond acceptors (Lipinski definition) is 14. The van der Waals surface area contributed by atoms with Crippen LogP contribution in [0, 0.1) is 0 Å². The van der Waals surface area contributed by atoms with Gasteiger partial charge >= 0.3 is 118 Å². The molecule has 0 saturated heterocycles. The molecule has 0 spiro atoms. The van der Waals surface area contributed by atoms with Crippen molar-refractivity contribution in [3.8, 4) is 11.5 Å². The summed E-state index contributed by atoms with van der Waals surface area (Å²) in [5.74, 6) is -5.10. The van der Waals surface area contributed by atoms with E-state index >= 15 is 0 Å². The molecule has 0 bridgehead atoms. The van der Waals surface area contributed by atoms with Crippen molar-refractivity contribution >= 4 is 67.1 Å². The van der Waals surface area contributed by atoms with Gasteiger partial charge in [-0.25, -0.2) is 0 Å². The summed E-state index contributed by atoms with van der Waals surface area (Å²) in [6.45, 7) is 0. The number of hydrogen-bond donors (Lipinski definition) is 2. The second kappa shape index (κ2) is 20.4. The number of carboxylic acids is 2. The van der Waals surface area contributed by atoms with E-state index in [1.54, 1.807) is 0 Å². The maximum atomic E-state index is 12.1. The Balaban J connectivity index is 0.00000600. The van der Waals surface area contributed by atoms with Gasteiger partial charge in [-0.3, -0.25) is 9.11 Å². The van der Waals surface area contributed by atoms with Gasteiger partial charge in [0.1, 0.15) is 9.79 Å². The van der Waals surface area contributed by atoms with E-state index in [0.29, 0.717) is 0 Å². The third-order valence-electron chi connectivity index (χ3n) is 5.92. The first kappa shape index (κ1) is 48.2. The number of carbonyl (C=O) groups is 2. The minimum absolute atomic E-state index is 0. The standard InChI is InChI=1S/C28H20N4O12S2.4Na/c33-23-9-7-17(11-21(23)27(35)36)29-31-19-5-3-15(25(13-19)45(39,40)41)1-2-16-4-6-20(14-26(16)46(42,43)44)32-30-18-8-10-24(34)22(12-18)28(37)38;;;;/h1-14,33-34H,(H,35,36)(H,37,38)(H,39,40,41)(H,42,43,44);;;;/q;4*+1/p-4/b2-1+,31-29?,32-30?;;;;. The minimum Gasteiger partial charge on any atom is -0.872 e. The van der Waals surface area contributed by atoms with E-state index in [1.807, 2.05) is 0 Å². The fourth-order valence-electron chi connectivity index (χ4n) is 3.78. The van der Waals surface area contributed by atoms with Crippen molar-refractivity contribution < 1.29 is 174 Å². The zero-order valence-electron chi connectivity index (χ0n) is 26.7. The molecule has 4 aromatic carbocycles. The molecule has 0 radical (unpaired) electrons. The Hall–Kier alpha value is -1.82. The number of nitrogens with zero attached hydrogens (tertiary/aromatic N) is 4. The number of carbonyl (C=O) groups excluding carboxylic acids is 2. The van der Waals surface area contributed by atoms with Gasteiger partial charge in [0.05, 0.1) is 34.7 Å². The Morgan fingerprint density at radius 2 is 0.800 bits per heavy atom. The fraction of sp³-hybridized carbons (Fsp3) is 0. The monoisotopic (exact) mass is 756 g/mol. The molecule has 0 aromatic heterocycles. The maximum Gasteiger partial charge on any atom is 1.00 e. The molecule has 0 atom stereocenters. The molecule has 0 aliphatic heterocycles. The largest absolute Gasteiger partial charge is 1.00 e. The van der Waals surface area contributed by atoms with E-state index in [9.17, 15) is 56.0 Å². The van der Waals surface area contributed by atoms with Crippen LogP contribution in [0.15, 0.2) is 103 Å². The number of carboxylic acid groups (broad SMARTS) is 2. The topological polar surface area (TPSA) is 285 Å². The summed E-state index contributed by atoms with van der Waals surface area (Å²) in [6.07, 6.45) is 2.22. The van der Waals surface area contributed by atoms with Crippen molar-refractivity contribution in [2.75, 3.05) is 0 Å². The fourth-order valence-corrected chi connectivity index (χ4v) is 5.19. The first-order chi connectivity index (χ1) is 21.5. The van der Waals surface area contributed by atoms with Gasteiger partial charge in [0.2, 0.25) is 0 Å². The first-order valence-electron chi connectivity index (χ1n) is 12.3. The van der Waals surface area contributed by atoms with Crippen molar-refractivity contribution in [3.05, 3.63) is 95.1 Å². The van der Waals surface area contributed by atoms with E-state index in [-0.39, 0.29) is 152 Å². The Bertz CT molecular complexity index is 2060. The second-order valence-electron chi connectivity index (χ2n) is 9.06. The zero-order valence-corrected chi connectivity index (χ0v) is 36.3. The molecule has 0 heterocycles. The van der Waals surface area contributed by atoms with Crippen LogP contribution in [0.4, 0.5) is 22.7 Å². The SMILES string of the molecule is O=C([O-])c1cc(N=Nc2ccc(/C=C/c3ccc(N=Nc4ccc([O-])c(C(=O)[O-])c4)cc3S(=O)(=O)O)c(S(=O)(=O)O)c2)ccc1[O-].[Na+].[Na+].[Na+].[Na+]. The van der Waals surface area contributed by atoms with E-state index < -0.39 is 64.6 Å². The predicted molar refractivity (Wildman–Crippen MR) is 150 cm³/mol. The first-order valence-corrected chi connectivity index (χ1v) is 15.2. The summed E-state index contributed by atoms with van der Waals surface area (Å²) >= 11 is 0. The van der Waals surface area contributed by atoms with Crippen LogP contribution in [0.2, 0.25) is 0 Å². The molecule has 236 valence electrons. The van der Waals surface area contributed by atoms with Crippen molar-refractivity contribution in [2.45, 2.75) is 9.79 Å². The van der Waals surface area contributed by atoms with Crippen molar-refractivity contribution in [3.63, 3.8) is 0 Å². The zero-order chi connectivity index (χ0) is 33.8. The molecular formula is C28H16N4Na4O12S2. The second-order valence-corrected chi connectivity index (χ2v) is 11.8. The summed E-state index contributed by atoms with van der Waals surface area (Å²) in [7, 11) is -9.79. The number of benzene rings is 4. The molecule has 0 saturated carbocycles. The molecule has 0 aliphatic rings. The number of azo groups is 2. The Labute approximate surface area is 373 Å². The summed E-state index contributed by atoms with van der Waals surface area (Å²) in [6, 6.07) is 12.7. The average Bonchev–Trinajstić information content (AvgIpc) is 2.98. The van der Waals surface area contributed by atoms with Gasteiger partial charge in [-0.15, -0.1) is 0 Å². The molecule has 0 amide bonds. The van der Waals surface area contributed by atoms with Crippen molar-refractivity contribution in [1.82, 2.24) is 0 Å². The van der Waals surface area contributed by atoms with Crippen molar-refractivity contribution in [2.24, 2.45) is 20.5 Å². The predicted octanol–water partition coefficient (Wildman–Crippen LogP) is -9.93. The van der Waals surface area contributed by atoms with Crippen LogP contribution < -0.4 is 139 Å². The van der Waals surface area contributed by atoms with Gasteiger partial charge in [0, 0.05) is 0 Å². The summed E-state index contributed by atoms with van der Waals surface area (Å²) in [4.78, 5) is 20.7. The maximum absolute atomic E-state index is 12.1. The molecule has 4 rings (SSSR count). The van der Waals surface area contributed by atoms with Crippen LogP contribution in [0.5, 0.6) is 11.5 Å². The van der Waals surface area contributed by atoms with Crippen LogP contribution in [0.25, 0.3) is 12.2 Å². The quantitative estimate of drug-likeness (QED) is 0.0660. The summed E-state index contributed by atoms with van der Waals surface area (Å²) < 4.78 is 68.0. The minimum atomic E-state index is -4.89. The van der Waals surface area contributed by atoms with E-state index in [1.165, 1.54) is 24.3 Å². The van der Waals surface area contributed by atoms with E-state index in [0.717, 1.165) is 60.7 Å². The normalized spacial score (nSPS) is 11.3. The average molecular weight is 757 g/mol. The Morgan fingerprint density at radius 3 is 1.08 bits per heavy atom. The van der Waals surface area contributed by atoms with Gasteiger partial charge in [-0.1, -0.05) is 47.9 Å². The molecule has 22 heteroatoms. The van der Waals surface area contributed by atoms with Crippen LogP contribution in [-0.2, 0) is 20.2 Å². The molecule has 0 unspecified atom stereocenters. The molecule has 0 aliphatic carbocycles. The number of rotatable bonds is 10. The van der Waals surface area contributed by atoms with Gasteiger partial charge in [0.25, 0.3) is 20.2 Å². The summed E-state index contributed by atoms with van der Waals surface area (Å²) in [5.41, 5.74) is -2.00. The van der Waals surface area contributed by atoms with Gasteiger partial charge in [-0.05, 0) is 70.8 Å². The molecular weight excluding hydrogens is 740 g/mol. The van der Waals surface area contributed by atoms with Crippen LogP contribution in [0.3, 0.4) is 0 Å². The third-order valence-corrected chi connectivity index (χ3v) is 7.74. The Kier molecular flexibility index (Phi) is 19.7.